The first kappa shape index (κ1) is 13.3. The molecule has 0 spiro atoms. The zero-order valence-electron chi connectivity index (χ0n) is 10.1. The fourth-order valence-corrected chi connectivity index (χ4v) is 2.20. The Morgan fingerprint density at radius 1 is 1.56 bits per heavy atom. The lowest BCUT2D eigenvalue weighted by atomic mass is 9.80. The summed E-state index contributed by atoms with van der Waals surface area (Å²) in [5.41, 5.74) is -0.307. The molecule has 0 radical (unpaired) electrons. The fraction of sp³-hybridized carbons (Fsp3) is 0.462. The highest BCUT2D eigenvalue weighted by atomic mass is 35.5. The average Bonchev–Trinajstić information content (AvgIpc) is 2.31. The standard InChI is InChI=1S/C13H15ClFNO2/c1-18-13(5-2-6-13)8-16-12(17)10-7-9(14)3-4-11(10)15/h3-4,7H,2,5-6,8H2,1H3,(H,16,17). The molecule has 3 nitrogen and oxygen atoms in total. The highest BCUT2D eigenvalue weighted by molar-refractivity contribution is 6.30. The van der Waals surface area contributed by atoms with Gasteiger partial charge in [0, 0.05) is 18.7 Å². The Kier molecular flexibility index (Phi) is 3.88. The molecule has 1 aromatic carbocycles. The number of ether oxygens (including phenoxy) is 1. The summed E-state index contributed by atoms with van der Waals surface area (Å²) in [4.78, 5) is 11.9. The number of hydrogen-bond donors (Lipinski definition) is 1. The van der Waals surface area contributed by atoms with E-state index in [9.17, 15) is 9.18 Å². The van der Waals surface area contributed by atoms with Crippen molar-refractivity contribution in [2.45, 2.75) is 24.9 Å². The van der Waals surface area contributed by atoms with Crippen LogP contribution in [-0.2, 0) is 4.74 Å². The van der Waals surface area contributed by atoms with Crippen LogP contribution in [0.25, 0.3) is 0 Å². The summed E-state index contributed by atoms with van der Waals surface area (Å²) in [6.07, 6.45) is 2.93. The van der Waals surface area contributed by atoms with Gasteiger partial charge in [-0.25, -0.2) is 4.39 Å². The molecule has 0 heterocycles. The number of carbonyl (C=O) groups is 1. The largest absolute Gasteiger partial charge is 0.376 e. The van der Waals surface area contributed by atoms with E-state index >= 15 is 0 Å². The maximum atomic E-state index is 13.5. The SMILES string of the molecule is COC1(CNC(=O)c2cc(Cl)ccc2F)CCC1. The van der Waals surface area contributed by atoms with E-state index in [2.05, 4.69) is 5.32 Å². The van der Waals surface area contributed by atoms with Crippen molar-refractivity contribution in [1.29, 1.82) is 0 Å². The fourth-order valence-electron chi connectivity index (χ4n) is 2.03. The van der Waals surface area contributed by atoms with Gasteiger partial charge in [0.1, 0.15) is 5.82 Å². The molecule has 1 N–H and O–H groups in total. The van der Waals surface area contributed by atoms with Crippen LogP contribution in [0.1, 0.15) is 29.6 Å². The first-order chi connectivity index (χ1) is 8.56. The molecule has 1 aliphatic carbocycles. The van der Waals surface area contributed by atoms with Crippen molar-refractivity contribution in [3.05, 3.63) is 34.6 Å². The Balaban J connectivity index is 2.01. The summed E-state index contributed by atoms with van der Waals surface area (Å²) >= 11 is 5.75. The zero-order chi connectivity index (χ0) is 13.2. The molecule has 1 saturated carbocycles. The maximum Gasteiger partial charge on any atom is 0.254 e. The summed E-state index contributed by atoms with van der Waals surface area (Å²) in [6.45, 7) is 0.397. The van der Waals surface area contributed by atoms with Crippen molar-refractivity contribution in [1.82, 2.24) is 5.32 Å². The number of amides is 1. The van der Waals surface area contributed by atoms with Gasteiger partial charge in [-0.05, 0) is 37.5 Å². The average molecular weight is 272 g/mol. The summed E-state index contributed by atoms with van der Waals surface area (Å²) in [6, 6.07) is 3.93. The second kappa shape index (κ2) is 5.24. The molecule has 98 valence electrons. The van der Waals surface area contributed by atoms with Crippen LogP contribution in [0.4, 0.5) is 4.39 Å². The number of hydrogen-bond acceptors (Lipinski definition) is 2. The second-order valence-corrected chi connectivity index (χ2v) is 4.98. The van der Waals surface area contributed by atoms with Crippen LogP contribution in [0, 0.1) is 5.82 Å². The van der Waals surface area contributed by atoms with Crippen molar-refractivity contribution in [3.63, 3.8) is 0 Å². The Labute approximate surface area is 110 Å². The molecular formula is C13H15ClFNO2. The van der Waals surface area contributed by atoms with Crippen LogP contribution in [0.15, 0.2) is 18.2 Å². The Bertz CT molecular complexity index is 455. The van der Waals surface area contributed by atoms with Gasteiger partial charge in [0.05, 0.1) is 11.2 Å². The molecule has 0 bridgehead atoms. The van der Waals surface area contributed by atoms with E-state index in [0.717, 1.165) is 19.3 Å². The van der Waals surface area contributed by atoms with E-state index in [1.165, 1.54) is 18.2 Å². The lowest BCUT2D eigenvalue weighted by Gasteiger charge is -2.40. The van der Waals surface area contributed by atoms with Crippen LogP contribution in [0.2, 0.25) is 5.02 Å². The van der Waals surface area contributed by atoms with E-state index in [4.69, 9.17) is 16.3 Å². The third kappa shape index (κ3) is 2.65. The monoisotopic (exact) mass is 271 g/mol. The van der Waals surface area contributed by atoms with E-state index in [-0.39, 0.29) is 11.2 Å². The number of rotatable bonds is 4. The third-order valence-corrected chi connectivity index (χ3v) is 3.68. The van der Waals surface area contributed by atoms with Gasteiger partial charge >= 0.3 is 0 Å². The van der Waals surface area contributed by atoms with E-state index in [1.807, 2.05) is 0 Å². The summed E-state index contributed by atoms with van der Waals surface area (Å²) in [5.74, 6) is -1.03. The molecule has 2 rings (SSSR count). The molecule has 0 aliphatic heterocycles. The van der Waals surface area contributed by atoms with Crippen molar-refractivity contribution >= 4 is 17.5 Å². The molecule has 1 aliphatic rings. The molecule has 1 amide bonds. The summed E-state index contributed by atoms with van der Waals surface area (Å²) in [7, 11) is 1.63. The summed E-state index contributed by atoms with van der Waals surface area (Å²) in [5, 5.41) is 3.04. The van der Waals surface area contributed by atoms with Crippen molar-refractivity contribution in [2.75, 3.05) is 13.7 Å². The minimum absolute atomic E-state index is 0.0342. The maximum absolute atomic E-state index is 13.5. The lowest BCUT2D eigenvalue weighted by molar-refractivity contribution is -0.0679. The topological polar surface area (TPSA) is 38.3 Å². The van der Waals surface area contributed by atoms with Crippen LogP contribution >= 0.6 is 11.6 Å². The van der Waals surface area contributed by atoms with E-state index in [0.29, 0.717) is 11.6 Å². The van der Waals surface area contributed by atoms with Gasteiger partial charge in [-0.2, -0.15) is 0 Å². The smallest absolute Gasteiger partial charge is 0.254 e. The highest BCUT2D eigenvalue weighted by Gasteiger charge is 2.37. The highest BCUT2D eigenvalue weighted by Crippen LogP contribution is 2.34. The first-order valence-electron chi connectivity index (χ1n) is 5.85. The molecule has 0 atom stereocenters. The van der Waals surface area contributed by atoms with Crippen LogP contribution < -0.4 is 5.32 Å². The first-order valence-corrected chi connectivity index (χ1v) is 6.22. The van der Waals surface area contributed by atoms with Crippen molar-refractivity contribution in [2.24, 2.45) is 0 Å². The summed E-state index contributed by atoms with van der Waals surface area (Å²) < 4.78 is 18.8. The van der Waals surface area contributed by atoms with E-state index in [1.54, 1.807) is 7.11 Å². The Morgan fingerprint density at radius 3 is 2.83 bits per heavy atom. The van der Waals surface area contributed by atoms with Gasteiger partial charge in [-0.3, -0.25) is 4.79 Å². The predicted octanol–water partition coefficient (Wildman–Crippen LogP) is 2.78. The zero-order valence-corrected chi connectivity index (χ0v) is 10.9. The molecule has 18 heavy (non-hydrogen) atoms. The molecule has 0 unspecified atom stereocenters. The van der Waals surface area contributed by atoms with Crippen LogP contribution in [0.3, 0.4) is 0 Å². The van der Waals surface area contributed by atoms with Gasteiger partial charge in [0.15, 0.2) is 0 Å². The van der Waals surface area contributed by atoms with Gasteiger partial charge < -0.3 is 10.1 Å². The van der Waals surface area contributed by atoms with Gasteiger partial charge in [-0.1, -0.05) is 11.6 Å². The number of nitrogens with one attached hydrogen (secondary N) is 1. The minimum Gasteiger partial charge on any atom is -0.376 e. The van der Waals surface area contributed by atoms with Crippen molar-refractivity contribution in [3.8, 4) is 0 Å². The van der Waals surface area contributed by atoms with Crippen LogP contribution in [0.5, 0.6) is 0 Å². The number of benzene rings is 1. The minimum atomic E-state index is -0.572. The van der Waals surface area contributed by atoms with E-state index < -0.39 is 11.7 Å². The van der Waals surface area contributed by atoms with Crippen molar-refractivity contribution < 1.29 is 13.9 Å². The molecule has 0 aromatic heterocycles. The molecule has 1 aromatic rings. The van der Waals surface area contributed by atoms with Gasteiger partial charge in [0.2, 0.25) is 0 Å². The number of halogens is 2. The van der Waals surface area contributed by atoms with Gasteiger partial charge in [-0.15, -0.1) is 0 Å². The predicted molar refractivity (Wildman–Crippen MR) is 67.3 cm³/mol. The molecule has 0 saturated heterocycles. The number of carbonyl (C=O) groups excluding carboxylic acids is 1. The Morgan fingerprint density at radius 2 is 2.28 bits per heavy atom. The molecule has 5 heteroatoms. The van der Waals surface area contributed by atoms with Crippen LogP contribution in [-0.4, -0.2) is 25.2 Å². The number of methoxy groups -OCH3 is 1. The quantitative estimate of drug-likeness (QED) is 0.914. The molecule has 1 fully saturated rings. The second-order valence-electron chi connectivity index (χ2n) is 4.55. The molecular weight excluding hydrogens is 257 g/mol. The lowest BCUT2D eigenvalue weighted by Crippen LogP contribution is -2.49. The van der Waals surface area contributed by atoms with Gasteiger partial charge in [0.25, 0.3) is 5.91 Å². The third-order valence-electron chi connectivity index (χ3n) is 3.44. The normalized spacial score (nSPS) is 17.1. The Hall–Kier alpha value is -1.13.